The maximum Gasteiger partial charge on any atom is 0.348 e. The van der Waals surface area contributed by atoms with Gasteiger partial charge in [0.1, 0.15) is 16.5 Å². The van der Waals surface area contributed by atoms with Crippen LogP contribution < -0.4 is 8.49 Å². The summed E-state index contributed by atoms with van der Waals surface area (Å²) >= 11 is 1.02. The molecule has 142 valence electrons. The van der Waals surface area contributed by atoms with E-state index in [9.17, 15) is 21.2 Å². The lowest BCUT2D eigenvalue weighted by molar-refractivity contribution is 0.488. The minimum atomic E-state index is -4.11. The summed E-state index contributed by atoms with van der Waals surface area (Å²) in [7, 11) is -6.77. The number of anilines is 1. The molecule has 1 aromatic heterocycles. The van der Waals surface area contributed by atoms with Gasteiger partial charge in [0, 0.05) is 7.05 Å². The molecule has 0 aliphatic carbocycles. The average molecular weight is 428 g/mol. The van der Waals surface area contributed by atoms with Crippen LogP contribution in [0, 0.1) is 5.82 Å². The van der Waals surface area contributed by atoms with Gasteiger partial charge in [0.25, 0.3) is 10.0 Å². The van der Waals surface area contributed by atoms with Crippen LogP contribution in [0.5, 0.6) is 5.75 Å². The summed E-state index contributed by atoms with van der Waals surface area (Å²) in [6.07, 6.45) is 0. The van der Waals surface area contributed by atoms with E-state index in [4.69, 9.17) is 4.18 Å². The van der Waals surface area contributed by atoms with Gasteiger partial charge in [-0.2, -0.15) is 8.42 Å². The highest BCUT2D eigenvalue weighted by Crippen LogP contribution is 2.27. The van der Waals surface area contributed by atoms with Crippen molar-refractivity contribution >= 4 is 37.2 Å². The molecule has 0 atom stereocenters. The molecular formula is C17H14FNO5S3. The van der Waals surface area contributed by atoms with Gasteiger partial charge in [-0.25, -0.2) is 12.8 Å². The number of thiophene rings is 1. The highest BCUT2D eigenvalue weighted by molar-refractivity contribution is 7.92. The zero-order chi connectivity index (χ0) is 19.7. The molecule has 1 heterocycles. The molecule has 0 aliphatic heterocycles. The minimum absolute atomic E-state index is 0.0313. The van der Waals surface area contributed by atoms with E-state index < -0.39 is 30.9 Å². The molecule has 0 amide bonds. The van der Waals surface area contributed by atoms with Gasteiger partial charge in [0.15, 0.2) is 4.21 Å². The van der Waals surface area contributed by atoms with Crippen LogP contribution in [0.25, 0.3) is 0 Å². The summed E-state index contributed by atoms with van der Waals surface area (Å²) in [5.41, 5.74) is 0.221. The molecule has 0 radical (unpaired) electrons. The summed E-state index contributed by atoms with van der Waals surface area (Å²) in [5, 5.41) is 1.61. The van der Waals surface area contributed by atoms with Crippen molar-refractivity contribution in [1.82, 2.24) is 0 Å². The van der Waals surface area contributed by atoms with Gasteiger partial charge in [0.2, 0.25) is 0 Å². The molecule has 0 fully saturated rings. The molecule has 0 spiro atoms. The Morgan fingerprint density at radius 2 is 1.59 bits per heavy atom. The first-order valence-electron chi connectivity index (χ1n) is 7.53. The number of nitrogens with zero attached hydrogens (tertiary/aromatic N) is 1. The van der Waals surface area contributed by atoms with Crippen molar-refractivity contribution < 1.29 is 25.4 Å². The van der Waals surface area contributed by atoms with Gasteiger partial charge in [-0.15, -0.1) is 11.3 Å². The summed E-state index contributed by atoms with van der Waals surface area (Å²) in [6.45, 7) is 0. The topological polar surface area (TPSA) is 80.8 Å². The van der Waals surface area contributed by atoms with Crippen molar-refractivity contribution in [3.8, 4) is 5.75 Å². The first-order valence-corrected chi connectivity index (χ1v) is 11.3. The van der Waals surface area contributed by atoms with E-state index in [-0.39, 0.29) is 15.6 Å². The summed E-state index contributed by atoms with van der Waals surface area (Å²) < 4.78 is 69.2. The molecule has 10 heteroatoms. The molecular weight excluding hydrogens is 413 g/mol. The Balaban J connectivity index is 1.84. The predicted octanol–water partition coefficient (Wildman–Crippen LogP) is 3.48. The first kappa shape index (κ1) is 19.3. The number of halogens is 1. The normalized spacial score (nSPS) is 11.9. The second kappa shape index (κ2) is 7.29. The Morgan fingerprint density at radius 1 is 0.926 bits per heavy atom. The molecule has 3 rings (SSSR count). The summed E-state index contributed by atoms with van der Waals surface area (Å²) in [6, 6.07) is 13.5. The van der Waals surface area contributed by atoms with Gasteiger partial charge >= 0.3 is 10.1 Å². The Hall–Kier alpha value is -2.43. The molecule has 0 unspecified atom stereocenters. The lowest BCUT2D eigenvalue weighted by atomic mass is 10.3. The van der Waals surface area contributed by atoms with Crippen molar-refractivity contribution in [1.29, 1.82) is 0 Å². The highest BCUT2D eigenvalue weighted by atomic mass is 32.3. The second-order valence-corrected chi connectivity index (χ2v) is 10.0. The molecule has 3 aromatic rings. The maximum atomic E-state index is 13.9. The van der Waals surface area contributed by atoms with Gasteiger partial charge in [-0.3, -0.25) is 4.31 Å². The molecule has 0 aliphatic rings. The van der Waals surface area contributed by atoms with E-state index in [0.717, 1.165) is 21.7 Å². The van der Waals surface area contributed by atoms with Gasteiger partial charge in [0.05, 0.1) is 5.69 Å². The largest absolute Gasteiger partial charge is 0.378 e. The molecule has 6 nitrogen and oxygen atoms in total. The van der Waals surface area contributed by atoms with Crippen molar-refractivity contribution in [2.75, 3.05) is 11.4 Å². The Labute approximate surface area is 160 Å². The van der Waals surface area contributed by atoms with Crippen LogP contribution in [0.3, 0.4) is 0 Å². The lowest BCUT2D eigenvalue weighted by Crippen LogP contribution is -2.27. The Bertz CT molecular complexity index is 1140. The van der Waals surface area contributed by atoms with Crippen LogP contribution >= 0.6 is 11.3 Å². The van der Waals surface area contributed by atoms with Gasteiger partial charge in [-0.05, 0) is 47.8 Å². The van der Waals surface area contributed by atoms with E-state index >= 15 is 0 Å². The zero-order valence-corrected chi connectivity index (χ0v) is 16.4. The zero-order valence-electron chi connectivity index (χ0n) is 13.9. The second-order valence-electron chi connectivity index (χ2n) is 5.37. The third-order valence-corrected chi connectivity index (χ3v) is 8.05. The van der Waals surface area contributed by atoms with Crippen LogP contribution in [0.15, 0.2) is 75.1 Å². The smallest absolute Gasteiger partial charge is 0.348 e. The minimum Gasteiger partial charge on any atom is -0.378 e. The first-order chi connectivity index (χ1) is 12.7. The summed E-state index contributed by atoms with van der Waals surface area (Å²) in [4.78, 5) is -0.451. The van der Waals surface area contributed by atoms with Gasteiger partial charge in [-0.1, -0.05) is 18.2 Å². The van der Waals surface area contributed by atoms with Crippen molar-refractivity contribution in [3.05, 3.63) is 71.9 Å². The predicted molar refractivity (Wildman–Crippen MR) is 101 cm³/mol. The van der Waals surface area contributed by atoms with Gasteiger partial charge < -0.3 is 4.18 Å². The van der Waals surface area contributed by atoms with E-state index in [2.05, 4.69) is 0 Å². The van der Waals surface area contributed by atoms with Crippen LogP contribution in [0.2, 0.25) is 0 Å². The molecule has 0 saturated heterocycles. The number of rotatable bonds is 6. The number of hydrogen-bond acceptors (Lipinski definition) is 6. The summed E-state index contributed by atoms with van der Waals surface area (Å²) in [5.74, 6) is -0.824. The fourth-order valence-electron chi connectivity index (χ4n) is 2.23. The van der Waals surface area contributed by atoms with Crippen LogP contribution in [0.4, 0.5) is 10.1 Å². The number of hydrogen-bond donors (Lipinski definition) is 0. The van der Waals surface area contributed by atoms with E-state index in [1.54, 1.807) is 11.4 Å². The third-order valence-electron chi connectivity index (χ3n) is 3.62. The van der Waals surface area contributed by atoms with Crippen molar-refractivity contribution in [2.45, 2.75) is 9.10 Å². The number of benzene rings is 2. The maximum absolute atomic E-state index is 13.9. The van der Waals surface area contributed by atoms with Crippen LogP contribution in [-0.4, -0.2) is 23.9 Å². The molecule has 2 aromatic carbocycles. The Morgan fingerprint density at radius 3 is 2.19 bits per heavy atom. The molecule has 0 bridgehead atoms. The van der Waals surface area contributed by atoms with Crippen LogP contribution in [0.1, 0.15) is 0 Å². The molecule has 0 N–H and O–H groups in total. The standard InChI is InChI=1S/C17H14FNO5S3/c1-19(26(20,21)16-6-3-2-5-15(16)18)13-8-10-14(11-9-13)24-27(22,23)17-7-4-12-25-17/h2-12H,1H3. The fourth-order valence-corrected chi connectivity index (χ4v) is 5.37. The van der Waals surface area contributed by atoms with Crippen molar-refractivity contribution in [2.24, 2.45) is 0 Å². The average Bonchev–Trinajstić information content (AvgIpc) is 3.17. The monoisotopic (exact) mass is 427 g/mol. The molecule has 27 heavy (non-hydrogen) atoms. The third kappa shape index (κ3) is 3.97. The SMILES string of the molecule is CN(c1ccc(OS(=O)(=O)c2cccs2)cc1)S(=O)(=O)c1ccccc1F. The highest BCUT2D eigenvalue weighted by Gasteiger charge is 2.25. The molecule has 0 saturated carbocycles. The van der Waals surface area contributed by atoms with E-state index in [0.29, 0.717) is 0 Å². The van der Waals surface area contributed by atoms with Crippen LogP contribution in [-0.2, 0) is 20.1 Å². The van der Waals surface area contributed by atoms with E-state index in [1.807, 2.05) is 0 Å². The Kier molecular flexibility index (Phi) is 5.22. The van der Waals surface area contributed by atoms with Crippen molar-refractivity contribution in [3.63, 3.8) is 0 Å². The lowest BCUT2D eigenvalue weighted by Gasteiger charge is -2.20. The quantitative estimate of drug-likeness (QED) is 0.563. The van der Waals surface area contributed by atoms with E-state index in [1.165, 1.54) is 55.6 Å². The fraction of sp³-hybridized carbons (Fsp3) is 0.0588. The number of sulfonamides is 1.